The van der Waals surface area contributed by atoms with E-state index in [9.17, 15) is 4.39 Å². The molecule has 90 valence electrons. The number of nitrogen functional groups attached to an aromatic ring is 1. The summed E-state index contributed by atoms with van der Waals surface area (Å²) in [6.45, 7) is 8.06. The van der Waals surface area contributed by atoms with E-state index in [0.717, 1.165) is 19.5 Å². The van der Waals surface area contributed by atoms with Crippen molar-refractivity contribution >= 4 is 11.4 Å². The van der Waals surface area contributed by atoms with Gasteiger partial charge in [0.25, 0.3) is 0 Å². The lowest BCUT2D eigenvalue weighted by Crippen LogP contribution is -2.28. The minimum atomic E-state index is -0.231. The standard InChI is InChI=1S/C13H21FN2/c1-4-10(3)9-16(5-2)13-7-6-11(15)8-12(13)14/h6-8,10H,4-5,9,15H2,1-3H3. The monoisotopic (exact) mass is 224 g/mol. The molecule has 0 heterocycles. The zero-order valence-electron chi connectivity index (χ0n) is 10.3. The highest BCUT2D eigenvalue weighted by molar-refractivity contribution is 5.54. The number of halogens is 1. The van der Waals surface area contributed by atoms with Crippen LogP contribution >= 0.6 is 0 Å². The van der Waals surface area contributed by atoms with Gasteiger partial charge in [-0.15, -0.1) is 0 Å². The van der Waals surface area contributed by atoms with Gasteiger partial charge in [0.05, 0.1) is 5.69 Å². The van der Waals surface area contributed by atoms with Gasteiger partial charge in [0.1, 0.15) is 5.82 Å². The molecular weight excluding hydrogens is 203 g/mol. The second kappa shape index (κ2) is 5.73. The van der Waals surface area contributed by atoms with Crippen molar-refractivity contribution in [3.05, 3.63) is 24.0 Å². The molecule has 0 aromatic heterocycles. The molecule has 1 unspecified atom stereocenters. The van der Waals surface area contributed by atoms with Crippen molar-refractivity contribution in [3.63, 3.8) is 0 Å². The molecule has 1 aromatic carbocycles. The van der Waals surface area contributed by atoms with E-state index in [2.05, 4.69) is 18.7 Å². The highest BCUT2D eigenvalue weighted by Crippen LogP contribution is 2.22. The first-order valence-electron chi connectivity index (χ1n) is 5.88. The number of anilines is 2. The van der Waals surface area contributed by atoms with E-state index in [1.165, 1.54) is 6.07 Å². The second-order valence-corrected chi connectivity index (χ2v) is 4.26. The quantitative estimate of drug-likeness (QED) is 0.778. The van der Waals surface area contributed by atoms with Crippen LogP contribution in [0.3, 0.4) is 0 Å². The van der Waals surface area contributed by atoms with Crippen LogP contribution in [-0.4, -0.2) is 13.1 Å². The Morgan fingerprint density at radius 3 is 2.56 bits per heavy atom. The van der Waals surface area contributed by atoms with Crippen LogP contribution in [0.2, 0.25) is 0 Å². The van der Waals surface area contributed by atoms with Crippen LogP contribution in [0.5, 0.6) is 0 Å². The maximum Gasteiger partial charge on any atom is 0.148 e. The molecule has 0 aliphatic carbocycles. The lowest BCUT2D eigenvalue weighted by molar-refractivity contribution is 0.538. The summed E-state index contributed by atoms with van der Waals surface area (Å²) >= 11 is 0. The first kappa shape index (κ1) is 12.8. The molecule has 0 amide bonds. The third-order valence-electron chi connectivity index (χ3n) is 2.92. The summed E-state index contributed by atoms with van der Waals surface area (Å²) in [5, 5.41) is 0. The Bertz CT molecular complexity index is 339. The van der Waals surface area contributed by atoms with Crippen LogP contribution in [0.1, 0.15) is 27.2 Å². The lowest BCUT2D eigenvalue weighted by atomic mass is 10.1. The summed E-state index contributed by atoms with van der Waals surface area (Å²) in [7, 11) is 0. The van der Waals surface area contributed by atoms with Crippen molar-refractivity contribution in [2.75, 3.05) is 23.7 Å². The average Bonchev–Trinajstić information content (AvgIpc) is 2.26. The Balaban J connectivity index is 2.86. The molecule has 0 bridgehead atoms. The number of nitrogens with zero attached hydrogens (tertiary/aromatic N) is 1. The molecule has 16 heavy (non-hydrogen) atoms. The molecule has 0 aliphatic heterocycles. The Morgan fingerprint density at radius 1 is 1.38 bits per heavy atom. The van der Waals surface area contributed by atoms with E-state index >= 15 is 0 Å². The van der Waals surface area contributed by atoms with Crippen LogP contribution in [-0.2, 0) is 0 Å². The SMILES string of the molecule is CCC(C)CN(CC)c1ccc(N)cc1F. The largest absolute Gasteiger partial charge is 0.399 e. The maximum atomic E-state index is 13.7. The fourth-order valence-corrected chi connectivity index (χ4v) is 1.68. The Hall–Kier alpha value is -1.25. The summed E-state index contributed by atoms with van der Waals surface area (Å²) in [4.78, 5) is 2.06. The van der Waals surface area contributed by atoms with Gasteiger partial charge in [-0.1, -0.05) is 20.3 Å². The highest BCUT2D eigenvalue weighted by atomic mass is 19.1. The van der Waals surface area contributed by atoms with Crippen LogP contribution in [0.15, 0.2) is 18.2 Å². The molecule has 0 fully saturated rings. The molecule has 0 saturated carbocycles. The van der Waals surface area contributed by atoms with Crippen molar-refractivity contribution in [2.45, 2.75) is 27.2 Å². The second-order valence-electron chi connectivity index (χ2n) is 4.26. The number of rotatable bonds is 5. The Kier molecular flexibility index (Phi) is 4.59. The molecule has 2 N–H and O–H groups in total. The molecule has 2 nitrogen and oxygen atoms in total. The van der Waals surface area contributed by atoms with Crippen molar-refractivity contribution in [3.8, 4) is 0 Å². The first-order chi connectivity index (χ1) is 7.58. The first-order valence-corrected chi connectivity index (χ1v) is 5.88. The summed E-state index contributed by atoms with van der Waals surface area (Å²) in [6, 6.07) is 4.89. The molecule has 0 radical (unpaired) electrons. The van der Waals surface area contributed by atoms with Crippen molar-refractivity contribution in [1.29, 1.82) is 0 Å². The van der Waals surface area contributed by atoms with Gasteiger partial charge in [0, 0.05) is 18.8 Å². The molecule has 0 spiro atoms. The summed E-state index contributed by atoms with van der Waals surface area (Å²) in [5.41, 5.74) is 6.66. The van der Waals surface area contributed by atoms with Crippen molar-refractivity contribution < 1.29 is 4.39 Å². The molecule has 1 atom stereocenters. The van der Waals surface area contributed by atoms with Crippen molar-refractivity contribution in [2.24, 2.45) is 5.92 Å². The third kappa shape index (κ3) is 3.12. The van der Waals surface area contributed by atoms with Gasteiger partial charge in [0.15, 0.2) is 0 Å². The van der Waals surface area contributed by atoms with E-state index < -0.39 is 0 Å². The molecule has 0 saturated heterocycles. The predicted molar refractivity (Wildman–Crippen MR) is 68.2 cm³/mol. The fourth-order valence-electron chi connectivity index (χ4n) is 1.68. The Labute approximate surface area is 97.3 Å². The van der Waals surface area contributed by atoms with E-state index in [-0.39, 0.29) is 5.82 Å². The summed E-state index contributed by atoms with van der Waals surface area (Å²) < 4.78 is 13.7. The van der Waals surface area contributed by atoms with Gasteiger partial charge >= 0.3 is 0 Å². The van der Waals surface area contributed by atoms with Crippen LogP contribution < -0.4 is 10.6 Å². The fraction of sp³-hybridized carbons (Fsp3) is 0.538. The van der Waals surface area contributed by atoms with E-state index in [0.29, 0.717) is 17.3 Å². The predicted octanol–water partition coefficient (Wildman–Crippen LogP) is 3.28. The highest BCUT2D eigenvalue weighted by Gasteiger charge is 2.12. The zero-order valence-corrected chi connectivity index (χ0v) is 10.3. The number of benzene rings is 1. The molecule has 1 rings (SSSR count). The Morgan fingerprint density at radius 2 is 2.06 bits per heavy atom. The zero-order chi connectivity index (χ0) is 12.1. The average molecular weight is 224 g/mol. The van der Waals surface area contributed by atoms with Gasteiger partial charge in [-0.2, -0.15) is 0 Å². The van der Waals surface area contributed by atoms with E-state index in [1.54, 1.807) is 12.1 Å². The summed E-state index contributed by atoms with van der Waals surface area (Å²) in [6.07, 6.45) is 1.10. The van der Waals surface area contributed by atoms with E-state index in [1.807, 2.05) is 6.92 Å². The molecule has 1 aromatic rings. The minimum absolute atomic E-state index is 0.231. The third-order valence-corrected chi connectivity index (χ3v) is 2.92. The topological polar surface area (TPSA) is 29.3 Å². The van der Waals surface area contributed by atoms with Gasteiger partial charge in [-0.3, -0.25) is 0 Å². The van der Waals surface area contributed by atoms with Crippen molar-refractivity contribution in [1.82, 2.24) is 0 Å². The van der Waals surface area contributed by atoms with Gasteiger partial charge in [0.2, 0.25) is 0 Å². The maximum absolute atomic E-state index is 13.7. The molecular formula is C13H21FN2. The smallest absolute Gasteiger partial charge is 0.148 e. The van der Waals surface area contributed by atoms with Crippen LogP contribution in [0.4, 0.5) is 15.8 Å². The number of nitrogens with two attached hydrogens (primary N) is 1. The number of hydrogen-bond donors (Lipinski definition) is 1. The molecule has 0 aliphatic rings. The van der Waals surface area contributed by atoms with Gasteiger partial charge in [-0.25, -0.2) is 4.39 Å². The van der Waals surface area contributed by atoms with E-state index in [4.69, 9.17) is 5.73 Å². The lowest BCUT2D eigenvalue weighted by Gasteiger charge is -2.26. The normalized spacial score (nSPS) is 12.5. The van der Waals surface area contributed by atoms with Gasteiger partial charge < -0.3 is 10.6 Å². The minimum Gasteiger partial charge on any atom is -0.399 e. The van der Waals surface area contributed by atoms with Crippen LogP contribution in [0.25, 0.3) is 0 Å². The summed E-state index contributed by atoms with van der Waals surface area (Å²) in [5.74, 6) is 0.335. The van der Waals surface area contributed by atoms with Gasteiger partial charge in [-0.05, 0) is 31.0 Å². The van der Waals surface area contributed by atoms with Crippen LogP contribution in [0, 0.1) is 11.7 Å². The molecule has 3 heteroatoms. The number of hydrogen-bond acceptors (Lipinski definition) is 2.